The summed E-state index contributed by atoms with van der Waals surface area (Å²) in [7, 11) is -0.858. The summed E-state index contributed by atoms with van der Waals surface area (Å²) >= 11 is 0. The predicted octanol–water partition coefficient (Wildman–Crippen LogP) is 2.79. The van der Waals surface area contributed by atoms with Gasteiger partial charge in [0.05, 0.1) is 5.56 Å². The molecule has 0 radical (unpaired) electrons. The highest BCUT2D eigenvalue weighted by atomic mass is 32.2. The number of carbonyl (C=O) groups excluding carboxylic acids is 1. The molecule has 1 heterocycles. The molecule has 1 aliphatic heterocycles. The molecule has 0 spiro atoms. The zero-order valence-corrected chi connectivity index (χ0v) is 13.0. The van der Waals surface area contributed by atoms with Crippen molar-refractivity contribution in [3.8, 4) is 0 Å². The lowest BCUT2D eigenvalue weighted by Gasteiger charge is -2.27. The fourth-order valence-corrected chi connectivity index (χ4v) is 3.47. The predicted molar refractivity (Wildman–Crippen MR) is 78.9 cm³/mol. The van der Waals surface area contributed by atoms with E-state index in [1.54, 1.807) is 17.9 Å². The SMILES string of the molecule is C[C@@H](CC(=O)N1CCS(=O)CC1)c1cccc(C(F)(F)F)c1. The van der Waals surface area contributed by atoms with Crippen LogP contribution in [0.1, 0.15) is 30.4 Å². The van der Waals surface area contributed by atoms with Crippen molar-refractivity contribution in [3.63, 3.8) is 0 Å². The van der Waals surface area contributed by atoms with Gasteiger partial charge < -0.3 is 4.90 Å². The quantitative estimate of drug-likeness (QED) is 0.853. The minimum atomic E-state index is -4.38. The molecular weight excluding hydrogens is 315 g/mol. The number of hydrogen-bond acceptors (Lipinski definition) is 2. The largest absolute Gasteiger partial charge is 0.416 e. The van der Waals surface area contributed by atoms with Crippen molar-refractivity contribution in [2.24, 2.45) is 0 Å². The summed E-state index contributed by atoms with van der Waals surface area (Å²) in [4.78, 5) is 13.8. The zero-order chi connectivity index (χ0) is 16.3. The third-order valence-electron chi connectivity index (χ3n) is 3.79. The third-order valence-corrected chi connectivity index (χ3v) is 5.07. The Kier molecular flexibility index (Phi) is 5.26. The Morgan fingerprint density at radius 2 is 1.95 bits per heavy atom. The van der Waals surface area contributed by atoms with Gasteiger partial charge in [0.25, 0.3) is 0 Å². The molecule has 0 N–H and O–H groups in total. The average molecular weight is 333 g/mol. The minimum Gasteiger partial charge on any atom is -0.341 e. The van der Waals surface area contributed by atoms with Crippen LogP contribution in [0.2, 0.25) is 0 Å². The molecule has 1 saturated heterocycles. The lowest BCUT2D eigenvalue weighted by atomic mass is 9.95. The number of rotatable bonds is 3. The number of carbonyl (C=O) groups is 1. The molecule has 0 aromatic heterocycles. The first-order valence-corrected chi connectivity index (χ1v) is 8.56. The van der Waals surface area contributed by atoms with E-state index in [4.69, 9.17) is 0 Å². The lowest BCUT2D eigenvalue weighted by molar-refractivity contribution is -0.137. The smallest absolute Gasteiger partial charge is 0.341 e. The van der Waals surface area contributed by atoms with Crippen molar-refractivity contribution in [3.05, 3.63) is 35.4 Å². The molecule has 1 aromatic rings. The van der Waals surface area contributed by atoms with E-state index in [9.17, 15) is 22.2 Å². The van der Waals surface area contributed by atoms with Crippen molar-refractivity contribution in [2.75, 3.05) is 24.6 Å². The van der Waals surface area contributed by atoms with Crippen molar-refractivity contribution in [1.29, 1.82) is 0 Å². The van der Waals surface area contributed by atoms with E-state index in [2.05, 4.69) is 0 Å². The topological polar surface area (TPSA) is 37.4 Å². The summed E-state index contributed by atoms with van der Waals surface area (Å²) < 4.78 is 49.4. The number of amides is 1. The van der Waals surface area contributed by atoms with Gasteiger partial charge in [-0.1, -0.05) is 25.1 Å². The van der Waals surface area contributed by atoms with E-state index in [-0.39, 0.29) is 18.2 Å². The van der Waals surface area contributed by atoms with E-state index >= 15 is 0 Å². The Bertz CT molecular complexity index is 564. The monoisotopic (exact) mass is 333 g/mol. The van der Waals surface area contributed by atoms with Gasteiger partial charge in [-0.15, -0.1) is 0 Å². The molecule has 22 heavy (non-hydrogen) atoms. The Balaban J connectivity index is 2.01. The fourth-order valence-electron chi connectivity index (χ4n) is 2.42. The van der Waals surface area contributed by atoms with Gasteiger partial charge in [-0.3, -0.25) is 9.00 Å². The van der Waals surface area contributed by atoms with Gasteiger partial charge in [0.1, 0.15) is 0 Å². The number of nitrogens with zero attached hydrogens (tertiary/aromatic N) is 1. The number of halogens is 3. The van der Waals surface area contributed by atoms with Crippen LogP contribution >= 0.6 is 0 Å². The second kappa shape index (κ2) is 6.81. The summed E-state index contributed by atoms with van der Waals surface area (Å²) in [5.74, 6) is 0.566. The Morgan fingerprint density at radius 3 is 2.55 bits per heavy atom. The third kappa shape index (κ3) is 4.32. The summed E-state index contributed by atoms with van der Waals surface area (Å²) in [5, 5.41) is 0. The number of benzene rings is 1. The molecular formula is C15H18F3NO2S. The Hall–Kier alpha value is -1.37. The van der Waals surface area contributed by atoms with Gasteiger partial charge in [-0.25, -0.2) is 0 Å². The molecule has 0 aliphatic carbocycles. The molecule has 1 amide bonds. The van der Waals surface area contributed by atoms with Crippen LogP contribution in [0, 0.1) is 0 Å². The van der Waals surface area contributed by atoms with Crippen molar-refractivity contribution in [2.45, 2.75) is 25.4 Å². The molecule has 0 saturated carbocycles. The van der Waals surface area contributed by atoms with Gasteiger partial charge in [0.15, 0.2) is 0 Å². The van der Waals surface area contributed by atoms with Crippen LogP contribution in [0.5, 0.6) is 0 Å². The van der Waals surface area contributed by atoms with E-state index in [1.807, 2.05) is 0 Å². The normalized spacial score (nSPS) is 18.3. The fraction of sp³-hybridized carbons (Fsp3) is 0.533. The van der Waals surface area contributed by atoms with Gasteiger partial charge in [-0.05, 0) is 17.5 Å². The van der Waals surface area contributed by atoms with Gasteiger partial charge >= 0.3 is 6.18 Å². The van der Waals surface area contributed by atoms with Crippen LogP contribution in [0.15, 0.2) is 24.3 Å². The molecule has 7 heteroatoms. The molecule has 1 aliphatic rings. The van der Waals surface area contributed by atoms with E-state index in [0.717, 1.165) is 12.1 Å². The summed E-state index contributed by atoms with van der Waals surface area (Å²) in [6.45, 7) is 2.66. The van der Waals surface area contributed by atoms with Crippen LogP contribution in [0.3, 0.4) is 0 Å². The highest BCUT2D eigenvalue weighted by molar-refractivity contribution is 7.85. The first kappa shape index (κ1) is 17.0. The molecule has 3 nitrogen and oxygen atoms in total. The summed E-state index contributed by atoms with van der Waals surface area (Å²) in [6.07, 6.45) is -4.22. The van der Waals surface area contributed by atoms with E-state index < -0.39 is 22.5 Å². The molecule has 1 aromatic carbocycles. The highest BCUT2D eigenvalue weighted by Crippen LogP contribution is 2.31. The first-order chi connectivity index (χ1) is 10.3. The van der Waals surface area contributed by atoms with Crippen LogP contribution < -0.4 is 0 Å². The van der Waals surface area contributed by atoms with Crippen LogP contribution in [-0.2, 0) is 21.8 Å². The standard InChI is InChI=1S/C15H18F3NO2S/c1-11(9-14(20)19-5-7-22(21)8-6-19)12-3-2-4-13(10-12)15(16,17)18/h2-4,10-11H,5-9H2,1H3/t11-/m0/s1. The molecule has 0 unspecified atom stereocenters. The Morgan fingerprint density at radius 1 is 1.32 bits per heavy atom. The minimum absolute atomic E-state index is 0.0957. The molecule has 2 rings (SSSR count). The number of alkyl halides is 3. The average Bonchev–Trinajstić information content (AvgIpc) is 2.47. The van der Waals surface area contributed by atoms with Crippen LogP contribution in [0.4, 0.5) is 13.2 Å². The van der Waals surface area contributed by atoms with Gasteiger partial charge in [-0.2, -0.15) is 13.2 Å². The number of hydrogen-bond donors (Lipinski definition) is 0. The van der Waals surface area contributed by atoms with Crippen molar-refractivity contribution < 1.29 is 22.2 Å². The maximum Gasteiger partial charge on any atom is 0.416 e. The Labute approximate surface area is 130 Å². The molecule has 1 atom stereocenters. The van der Waals surface area contributed by atoms with Crippen LogP contribution in [-0.4, -0.2) is 39.6 Å². The molecule has 1 fully saturated rings. The highest BCUT2D eigenvalue weighted by Gasteiger charge is 2.31. The van der Waals surface area contributed by atoms with Crippen molar-refractivity contribution in [1.82, 2.24) is 4.90 Å². The van der Waals surface area contributed by atoms with Crippen LogP contribution in [0.25, 0.3) is 0 Å². The van der Waals surface area contributed by atoms with Crippen molar-refractivity contribution >= 4 is 16.7 Å². The second-order valence-electron chi connectivity index (χ2n) is 5.46. The summed E-state index contributed by atoms with van der Waals surface area (Å²) in [5.41, 5.74) is -0.193. The maximum absolute atomic E-state index is 12.7. The first-order valence-electron chi connectivity index (χ1n) is 7.07. The summed E-state index contributed by atoms with van der Waals surface area (Å²) in [6, 6.07) is 5.10. The maximum atomic E-state index is 12.7. The molecule has 0 bridgehead atoms. The van der Waals surface area contributed by atoms with Gasteiger partial charge in [0, 0.05) is 41.8 Å². The van der Waals surface area contributed by atoms with E-state index in [0.29, 0.717) is 30.2 Å². The molecule has 122 valence electrons. The second-order valence-corrected chi connectivity index (χ2v) is 7.15. The van der Waals surface area contributed by atoms with E-state index in [1.165, 1.54) is 6.07 Å². The zero-order valence-electron chi connectivity index (χ0n) is 12.2. The van der Waals surface area contributed by atoms with Gasteiger partial charge in [0.2, 0.25) is 5.91 Å². The lowest BCUT2D eigenvalue weighted by Crippen LogP contribution is -2.42.